The fourth-order valence-corrected chi connectivity index (χ4v) is 2.99. The molecule has 0 bridgehead atoms. The Balaban J connectivity index is 1.79. The highest BCUT2D eigenvalue weighted by molar-refractivity contribution is 5.81. The zero-order chi connectivity index (χ0) is 18.7. The summed E-state index contributed by atoms with van der Waals surface area (Å²) in [5.41, 5.74) is 2.25. The van der Waals surface area contributed by atoms with Gasteiger partial charge in [0.15, 0.2) is 0 Å². The topological polar surface area (TPSA) is 73.2 Å². The van der Waals surface area contributed by atoms with E-state index in [4.69, 9.17) is 4.74 Å². The van der Waals surface area contributed by atoms with Crippen molar-refractivity contribution < 1.29 is 9.53 Å². The van der Waals surface area contributed by atoms with Crippen LogP contribution in [0.1, 0.15) is 24.1 Å². The van der Waals surface area contributed by atoms with Crippen molar-refractivity contribution in [3.63, 3.8) is 0 Å². The van der Waals surface area contributed by atoms with Gasteiger partial charge in [0.2, 0.25) is 5.91 Å². The van der Waals surface area contributed by atoms with E-state index in [2.05, 4.69) is 10.3 Å². The summed E-state index contributed by atoms with van der Waals surface area (Å²) in [5.74, 6) is 0.444. The Labute approximate surface area is 151 Å². The predicted molar refractivity (Wildman–Crippen MR) is 100 cm³/mol. The van der Waals surface area contributed by atoms with Gasteiger partial charge in [-0.1, -0.05) is 30.3 Å². The number of methoxy groups -OCH3 is 1. The highest BCUT2D eigenvalue weighted by atomic mass is 16.5. The van der Waals surface area contributed by atoms with E-state index in [1.807, 2.05) is 50.2 Å². The van der Waals surface area contributed by atoms with Gasteiger partial charge in [0.1, 0.15) is 12.3 Å². The quantitative estimate of drug-likeness (QED) is 0.767. The Morgan fingerprint density at radius 3 is 2.77 bits per heavy atom. The standard InChI is InChI=1S/C20H21N3O3/c1-13-7-6-9-16-19(13)21-12-23(20(16)25)11-18(24)22-14(2)15-8-4-5-10-17(15)26-3/h4-10,12,14H,11H2,1-3H3,(H,22,24). The number of ether oxygens (including phenoxy) is 1. The van der Waals surface area contributed by atoms with Crippen LogP contribution in [-0.2, 0) is 11.3 Å². The summed E-state index contributed by atoms with van der Waals surface area (Å²) in [6.07, 6.45) is 1.42. The number of hydrogen-bond donors (Lipinski definition) is 1. The lowest BCUT2D eigenvalue weighted by Gasteiger charge is -2.17. The maximum Gasteiger partial charge on any atom is 0.261 e. The molecular weight excluding hydrogens is 330 g/mol. The SMILES string of the molecule is COc1ccccc1C(C)NC(=O)Cn1cnc2c(C)cccc2c1=O. The minimum absolute atomic E-state index is 0.0881. The molecule has 0 radical (unpaired) electrons. The van der Waals surface area contributed by atoms with Crippen LogP contribution < -0.4 is 15.6 Å². The third-order valence-corrected chi connectivity index (χ3v) is 4.35. The number of aromatic nitrogens is 2. The predicted octanol–water partition coefficient (Wildman–Crippen LogP) is 2.59. The zero-order valence-electron chi connectivity index (χ0n) is 15.0. The number of amides is 1. The van der Waals surface area contributed by atoms with Gasteiger partial charge in [0.25, 0.3) is 5.56 Å². The number of benzene rings is 2. The lowest BCUT2D eigenvalue weighted by atomic mass is 10.1. The summed E-state index contributed by atoms with van der Waals surface area (Å²) in [6, 6.07) is 12.7. The maximum absolute atomic E-state index is 12.6. The number of rotatable bonds is 5. The molecule has 0 spiro atoms. The lowest BCUT2D eigenvalue weighted by molar-refractivity contribution is -0.122. The van der Waals surface area contributed by atoms with Gasteiger partial charge in [-0.15, -0.1) is 0 Å². The Hall–Kier alpha value is -3.15. The summed E-state index contributed by atoms with van der Waals surface area (Å²) < 4.78 is 6.65. The lowest BCUT2D eigenvalue weighted by Crippen LogP contribution is -2.34. The molecule has 1 N–H and O–H groups in total. The van der Waals surface area contributed by atoms with Crippen LogP contribution in [0.25, 0.3) is 10.9 Å². The van der Waals surface area contributed by atoms with Gasteiger partial charge < -0.3 is 10.1 Å². The average molecular weight is 351 g/mol. The van der Waals surface area contributed by atoms with Gasteiger partial charge in [-0.3, -0.25) is 14.2 Å². The number of nitrogens with one attached hydrogen (secondary N) is 1. The molecule has 0 fully saturated rings. The molecule has 0 aliphatic carbocycles. The van der Waals surface area contributed by atoms with E-state index in [1.165, 1.54) is 10.9 Å². The van der Waals surface area contributed by atoms with Gasteiger partial charge in [-0.25, -0.2) is 4.98 Å². The third kappa shape index (κ3) is 3.44. The van der Waals surface area contributed by atoms with Crippen molar-refractivity contribution in [1.82, 2.24) is 14.9 Å². The summed E-state index contributed by atoms with van der Waals surface area (Å²) in [5, 5.41) is 3.41. The second kappa shape index (κ2) is 7.39. The van der Waals surface area contributed by atoms with Crippen LogP contribution in [-0.4, -0.2) is 22.6 Å². The molecule has 0 aliphatic rings. The molecule has 0 saturated heterocycles. The molecule has 1 amide bonds. The first-order chi connectivity index (χ1) is 12.5. The fourth-order valence-electron chi connectivity index (χ4n) is 2.99. The van der Waals surface area contributed by atoms with E-state index in [0.29, 0.717) is 16.7 Å². The largest absolute Gasteiger partial charge is 0.496 e. The Morgan fingerprint density at radius 1 is 1.23 bits per heavy atom. The van der Waals surface area contributed by atoms with Crippen molar-refractivity contribution in [3.05, 3.63) is 70.3 Å². The molecule has 1 atom stereocenters. The van der Waals surface area contributed by atoms with Crippen LogP contribution in [0.4, 0.5) is 0 Å². The molecule has 0 saturated carbocycles. The minimum atomic E-state index is -0.265. The van der Waals surface area contributed by atoms with Gasteiger partial charge in [-0.05, 0) is 31.5 Å². The van der Waals surface area contributed by atoms with Crippen molar-refractivity contribution in [1.29, 1.82) is 0 Å². The van der Waals surface area contributed by atoms with E-state index in [-0.39, 0.29) is 24.1 Å². The molecule has 1 unspecified atom stereocenters. The second-order valence-electron chi connectivity index (χ2n) is 6.18. The van der Waals surface area contributed by atoms with Crippen LogP contribution in [0, 0.1) is 6.92 Å². The number of hydrogen-bond acceptors (Lipinski definition) is 4. The molecule has 2 aromatic carbocycles. The number of para-hydroxylation sites is 2. The van der Waals surface area contributed by atoms with Crippen molar-refractivity contribution >= 4 is 16.8 Å². The second-order valence-corrected chi connectivity index (χ2v) is 6.18. The van der Waals surface area contributed by atoms with E-state index < -0.39 is 0 Å². The van der Waals surface area contributed by atoms with E-state index in [9.17, 15) is 9.59 Å². The molecule has 3 rings (SSSR count). The van der Waals surface area contributed by atoms with Crippen LogP contribution in [0.3, 0.4) is 0 Å². The van der Waals surface area contributed by atoms with Crippen LogP contribution >= 0.6 is 0 Å². The zero-order valence-corrected chi connectivity index (χ0v) is 15.0. The molecule has 6 nitrogen and oxygen atoms in total. The first kappa shape index (κ1) is 17.7. The monoisotopic (exact) mass is 351 g/mol. The smallest absolute Gasteiger partial charge is 0.261 e. The number of aryl methyl sites for hydroxylation is 1. The molecule has 134 valence electrons. The van der Waals surface area contributed by atoms with Crippen molar-refractivity contribution in [2.75, 3.05) is 7.11 Å². The highest BCUT2D eigenvalue weighted by Gasteiger charge is 2.15. The third-order valence-electron chi connectivity index (χ3n) is 4.35. The number of nitrogens with zero attached hydrogens (tertiary/aromatic N) is 2. The maximum atomic E-state index is 12.6. The number of fused-ring (bicyclic) bond motifs is 1. The molecule has 26 heavy (non-hydrogen) atoms. The summed E-state index contributed by atoms with van der Waals surface area (Å²) in [4.78, 5) is 29.3. The molecule has 0 aliphatic heterocycles. The summed E-state index contributed by atoms with van der Waals surface area (Å²) in [7, 11) is 1.59. The Bertz CT molecular complexity index is 1010. The van der Waals surface area contributed by atoms with Crippen LogP contribution in [0.15, 0.2) is 53.6 Å². The van der Waals surface area contributed by atoms with Gasteiger partial charge >= 0.3 is 0 Å². The number of carbonyl (C=O) groups excluding carboxylic acids is 1. The molecule has 1 aromatic heterocycles. The minimum Gasteiger partial charge on any atom is -0.496 e. The van der Waals surface area contributed by atoms with E-state index >= 15 is 0 Å². The molecule has 3 aromatic rings. The normalized spacial score (nSPS) is 12.0. The van der Waals surface area contributed by atoms with Crippen molar-refractivity contribution in [3.8, 4) is 5.75 Å². The first-order valence-corrected chi connectivity index (χ1v) is 8.38. The van der Waals surface area contributed by atoms with Gasteiger partial charge in [-0.2, -0.15) is 0 Å². The fraction of sp³-hybridized carbons (Fsp3) is 0.250. The first-order valence-electron chi connectivity index (χ1n) is 8.38. The summed E-state index contributed by atoms with van der Waals surface area (Å²) >= 11 is 0. The van der Waals surface area contributed by atoms with Crippen molar-refractivity contribution in [2.45, 2.75) is 26.4 Å². The van der Waals surface area contributed by atoms with E-state index in [1.54, 1.807) is 13.2 Å². The van der Waals surface area contributed by atoms with Crippen molar-refractivity contribution in [2.24, 2.45) is 0 Å². The van der Waals surface area contributed by atoms with Gasteiger partial charge in [0.05, 0.1) is 30.4 Å². The van der Waals surface area contributed by atoms with E-state index in [0.717, 1.165) is 11.1 Å². The van der Waals surface area contributed by atoms with Crippen LogP contribution in [0.2, 0.25) is 0 Å². The number of carbonyl (C=O) groups is 1. The average Bonchev–Trinajstić information content (AvgIpc) is 2.64. The Kier molecular flexibility index (Phi) is 5.02. The van der Waals surface area contributed by atoms with Gasteiger partial charge in [0, 0.05) is 5.56 Å². The Morgan fingerprint density at radius 2 is 2.00 bits per heavy atom. The molecular formula is C20H21N3O3. The summed E-state index contributed by atoms with van der Waals surface area (Å²) in [6.45, 7) is 3.69. The highest BCUT2D eigenvalue weighted by Crippen LogP contribution is 2.24. The van der Waals surface area contributed by atoms with Crippen LogP contribution in [0.5, 0.6) is 5.75 Å². The molecule has 6 heteroatoms. The molecule has 1 heterocycles.